The summed E-state index contributed by atoms with van der Waals surface area (Å²) in [5.74, 6) is 1.74. The lowest BCUT2D eigenvalue weighted by molar-refractivity contribution is -0.118. The molecule has 7 heteroatoms. The summed E-state index contributed by atoms with van der Waals surface area (Å²) in [6.45, 7) is 4.21. The predicted molar refractivity (Wildman–Crippen MR) is 118 cm³/mol. The third kappa shape index (κ3) is 2.91. The average molecular weight is 429 g/mol. The van der Waals surface area contributed by atoms with Crippen molar-refractivity contribution in [2.24, 2.45) is 5.41 Å². The summed E-state index contributed by atoms with van der Waals surface area (Å²) in [5, 5.41) is 6.64. The number of aromatic nitrogens is 4. The van der Waals surface area contributed by atoms with Crippen LogP contribution in [0.5, 0.6) is 5.88 Å². The van der Waals surface area contributed by atoms with Crippen LogP contribution in [0.3, 0.4) is 0 Å². The van der Waals surface area contributed by atoms with E-state index in [9.17, 15) is 4.79 Å². The zero-order valence-corrected chi connectivity index (χ0v) is 18.0. The molecule has 0 saturated heterocycles. The fourth-order valence-electron chi connectivity index (χ4n) is 4.63. The van der Waals surface area contributed by atoms with Gasteiger partial charge in [0.1, 0.15) is 12.1 Å². The summed E-state index contributed by atoms with van der Waals surface area (Å²) in [7, 11) is 0. The zero-order valence-electron chi connectivity index (χ0n) is 17.2. The van der Waals surface area contributed by atoms with Gasteiger partial charge in [-0.2, -0.15) is 0 Å². The van der Waals surface area contributed by atoms with Gasteiger partial charge >= 0.3 is 0 Å². The highest BCUT2D eigenvalue weighted by Crippen LogP contribution is 2.50. The summed E-state index contributed by atoms with van der Waals surface area (Å²) in [4.78, 5) is 23.8. The Morgan fingerprint density at radius 2 is 1.97 bits per heavy atom. The van der Waals surface area contributed by atoms with Crippen molar-refractivity contribution < 1.29 is 9.53 Å². The Kier molecular flexibility index (Phi) is 3.92. The lowest BCUT2D eigenvalue weighted by Gasteiger charge is -2.37. The molecule has 4 heterocycles. The smallest absolute Gasteiger partial charge is 0.228 e. The van der Waals surface area contributed by atoms with Crippen LogP contribution < -0.4 is 4.74 Å². The van der Waals surface area contributed by atoms with Gasteiger partial charge < -0.3 is 4.74 Å². The topological polar surface area (TPSA) is 69.4 Å². The van der Waals surface area contributed by atoms with Crippen molar-refractivity contribution in [1.82, 2.24) is 19.6 Å². The minimum absolute atomic E-state index is 0.130. The number of hydrogen-bond acceptors (Lipinski definition) is 6. The molecule has 0 bridgehead atoms. The van der Waals surface area contributed by atoms with Crippen molar-refractivity contribution in [3.63, 3.8) is 0 Å². The lowest BCUT2D eigenvalue weighted by Crippen LogP contribution is -2.33. The van der Waals surface area contributed by atoms with E-state index in [1.165, 1.54) is 0 Å². The molecule has 0 amide bonds. The third-order valence-corrected chi connectivity index (χ3v) is 6.80. The van der Waals surface area contributed by atoms with Crippen LogP contribution in [0.4, 0.5) is 0 Å². The standard InChI is InChI=1S/C24H20N4O2S/c1-24(2)11-15(29)19-16(12-24)30-23-20(18(19)14-7-4-3-5-8-14)22-26-21(17-9-6-10-31-17)27-28(22)13-25-23/h3-10,13,18H,11-12H2,1-2H3/t18-/m1/s1. The molecule has 1 aromatic carbocycles. The van der Waals surface area contributed by atoms with E-state index in [0.29, 0.717) is 30.2 Å². The number of benzene rings is 1. The van der Waals surface area contributed by atoms with Gasteiger partial charge in [0.2, 0.25) is 5.88 Å². The molecule has 4 aromatic rings. The maximum Gasteiger partial charge on any atom is 0.228 e. The van der Waals surface area contributed by atoms with Crippen molar-refractivity contribution in [2.75, 3.05) is 0 Å². The lowest BCUT2D eigenvalue weighted by atomic mass is 9.70. The molecule has 6 nitrogen and oxygen atoms in total. The number of ketones is 1. The normalized spacial score (nSPS) is 19.8. The van der Waals surface area contributed by atoms with Gasteiger partial charge in [-0.3, -0.25) is 4.79 Å². The molecule has 31 heavy (non-hydrogen) atoms. The Labute approximate surface area is 183 Å². The highest BCUT2D eigenvalue weighted by atomic mass is 32.1. The Hall–Kier alpha value is -3.32. The van der Waals surface area contributed by atoms with Gasteiger partial charge in [0, 0.05) is 24.3 Å². The van der Waals surface area contributed by atoms with Gasteiger partial charge in [-0.15, -0.1) is 16.4 Å². The number of rotatable bonds is 2. The van der Waals surface area contributed by atoms with Crippen molar-refractivity contribution >= 4 is 22.8 Å². The molecule has 1 atom stereocenters. The maximum atomic E-state index is 13.4. The molecule has 0 unspecified atom stereocenters. The van der Waals surface area contributed by atoms with Crippen molar-refractivity contribution in [1.29, 1.82) is 0 Å². The van der Waals surface area contributed by atoms with Crippen LogP contribution in [-0.2, 0) is 4.79 Å². The number of thiophene rings is 1. The van der Waals surface area contributed by atoms with Crippen molar-refractivity contribution in [2.45, 2.75) is 32.6 Å². The monoisotopic (exact) mass is 428 g/mol. The van der Waals surface area contributed by atoms with Gasteiger partial charge in [0.05, 0.1) is 10.4 Å². The number of carbonyl (C=O) groups is 1. The molecule has 1 aliphatic carbocycles. The first-order chi connectivity index (χ1) is 15.0. The van der Waals surface area contributed by atoms with E-state index < -0.39 is 0 Å². The number of nitrogens with zero attached hydrogens (tertiary/aromatic N) is 4. The summed E-state index contributed by atoms with van der Waals surface area (Å²) < 4.78 is 7.96. The second-order valence-electron chi connectivity index (χ2n) is 8.87. The maximum absolute atomic E-state index is 13.4. The Bertz CT molecular complexity index is 1350. The molecular weight excluding hydrogens is 408 g/mol. The van der Waals surface area contributed by atoms with E-state index in [1.807, 2.05) is 35.7 Å². The quantitative estimate of drug-likeness (QED) is 0.448. The number of carbonyl (C=O) groups excluding carboxylic acids is 1. The number of ether oxygens (including phenoxy) is 1. The summed E-state index contributed by atoms with van der Waals surface area (Å²) in [5.41, 5.74) is 3.10. The van der Waals surface area contributed by atoms with Crippen molar-refractivity contribution in [3.05, 3.63) is 76.6 Å². The predicted octanol–water partition coefficient (Wildman–Crippen LogP) is 5.02. The summed E-state index contributed by atoms with van der Waals surface area (Å²) >= 11 is 1.59. The van der Waals surface area contributed by atoms with E-state index in [4.69, 9.17) is 9.72 Å². The average Bonchev–Trinajstić information content (AvgIpc) is 3.41. The van der Waals surface area contributed by atoms with Crippen LogP contribution >= 0.6 is 11.3 Å². The first kappa shape index (κ1) is 18.4. The molecule has 2 aliphatic rings. The van der Waals surface area contributed by atoms with Crippen LogP contribution in [-0.4, -0.2) is 25.4 Å². The highest BCUT2D eigenvalue weighted by Gasteiger charge is 2.43. The first-order valence-corrected chi connectivity index (χ1v) is 11.2. The molecule has 0 fully saturated rings. The van der Waals surface area contributed by atoms with Crippen LogP contribution in [0.15, 0.2) is 65.5 Å². The van der Waals surface area contributed by atoms with E-state index in [0.717, 1.165) is 27.3 Å². The van der Waals surface area contributed by atoms with E-state index in [1.54, 1.807) is 22.2 Å². The largest absolute Gasteiger partial charge is 0.442 e. The van der Waals surface area contributed by atoms with Gasteiger partial charge in [-0.05, 0) is 22.4 Å². The first-order valence-electron chi connectivity index (χ1n) is 10.3. The van der Waals surface area contributed by atoms with E-state index >= 15 is 0 Å². The minimum Gasteiger partial charge on any atom is -0.442 e. The number of allylic oxidation sites excluding steroid dienone is 2. The number of fused-ring (bicyclic) bond motifs is 3. The summed E-state index contributed by atoms with van der Waals surface area (Å²) in [6.07, 6.45) is 2.84. The third-order valence-electron chi connectivity index (χ3n) is 5.94. The minimum atomic E-state index is -0.278. The molecule has 6 rings (SSSR count). The molecule has 1 aliphatic heterocycles. The summed E-state index contributed by atoms with van der Waals surface area (Å²) in [6, 6.07) is 14.1. The molecule has 154 valence electrons. The van der Waals surface area contributed by atoms with E-state index in [-0.39, 0.29) is 17.1 Å². The Morgan fingerprint density at radius 1 is 1.13 bits per heavy atom. The van der Waals surface area contributed by atoms with Crippen LogP contribution in [0, 0.1) is 5.41 Å². The van der Waals surface area contributed by atoms with Crippen LogP contribution in [0.25, 0.3) is 16.3 Å². The fourth-order valence-corrected chi connectivity index (χ4v) is 5.29. The van der Waals surface area contributed by atoms with E-state index in [2.05, 4.69) is 36.1 Å². The SMILES string of the molecule is CC1(C)CC(=O)C2=C(C1)Oc1ncn3nc(-c4cccs4)nc3c1[C@@H]2c1ccccc1. The Morgan fingerprint density at radius 3 is 2.74 bits per heavy atom. The highest BCUT2D eigenvalue weighted by molar-refractivity contribution is 7.13. The molecule has 0 spiro atoms. The number of hydrogen-bond donors (Lipinski definition) is 0. The zero-order chi connectivity index (χ0) is 21.2. The van der Waals surface area contributed by atoms with Crippen LogP contribution in [0.2, 0.25) is 0 Å². The van der Waals surface area contributed by atoms with Gasteiger partial charge in [0.25, 0.3) is 0 Å². The second kappa shape index (κ2) is 6.59. The molecule has 3 aromatic heterocycles. The molecule has 0 saturated carbocycles. The molecule has 0 N–H and O–H groups in total. The van der Waals surface area contributed by atoms with Gasteiger partial charge in [0.15, 0.2) is 17.3 Å². The van der Waals surface area contributed by atoms with Crippen molar-refractivity contribution in [3.8, 4) is 16.6 Å². The Balaban J connectivity index is 1.62. The molecular formula is C24H20N4O2S. The van der Waals surface area contributed by atoms with Gasteiger partial charge in [-0.1, -0.05) is 50.2 Å². The van der Waals surface area contributed by atoms with Gasteiger partial charge in [-0.25, -0.2) is 14.5 Å². The molecule has 0 radical (unpaired) electrons. The number of Topliss-reactive ketones (excluding diaryl/α,β-unsaturated/α-hetero) is 1. The van der Waals surface area contributed by atoms with Crippen LogP contribution in [0.1, 0.15) is 43.7 Å². The fraction of sp³-hybridized carbons (Fsp3) is 0.250. The second-order valence-corrected chi connectivity index (χ2v) is 9.82.